The second-order valence-electron chi connectivity index (χ2n) is 3.70. The number of carbonyl (C=O) groups is 1. The average molecular weight is 223 g/mol. The summed E-state index contributed by atoms with van der Waals surface area (Å²) < 4.78 is 4.65. The van der Waals surface area contributed by atoms with Gasteiger partial charge in [-0.25, -0.2) is 4.79 Å². The SMILES string of the molecule is COC(=O)c1ccc(N(C)C)c(CCO)c1. The standard InChI is InChI=1S/C12H17NO3/c1-13(2)11-5-4-10(12(15)16-3)8-9(11)6-7-14/h4-5,8,14H,6-7H2,1-3H3. The minimum Gasteiger partial charge on any atom is -0.465 e. The van der Waals surface area contributed by atoms with Crippen molar-refractivity contribution in [3.05, 3.63) is 29.3 Å². The lowest BCUT2D eigenvalue weighted by molar-refractivity contribution is 0.0600. The Labute approximate surface area is 95.5 Å². The van der Waals surface area contributed by atoms with Crippen molar-refractivity contribution in [3.8, 4) is 0 Å². The van der Waals surface area contributed by atoms with Gasteiger partial charge in [0.1, 0.15) is 0 Å². The van der Waals surface area contributed by atoms with Crippen LogP contribution in [0.25, 0.3) is 0 Å². The lowest BCUT2D eigenvalue weighted by Crippen LogP contribution is -2.13. The maximum Gasteiger partial charge on any atom is 0.337 e. The molecule has 0 atom stereocenters. The molecule has 0 aliphatic rings. The van der Waals surface area contributed by atoms with Crippen molar-refractivity contribution in [2.24, 2.45) is 0 Å². The van der Waals surface area contributed by atoms with E-state index in [1.165, 1.54) is 7.11 Å². The van der Waals surface area contributed by atoms with Crippen molar-refractivity contribution in [2.75, 3.05) is 32.7 Å². The second kappa shape index (κ2) is 5.51. The number of carbonyl (C=O) groups excluding carboxylic acids is 1. The summed E-state index contributed by atoms with van der Waals surface area (Å²) in [7, 11) is 5.20. The molecule has 0 unspecified atom stereocenters. The number of benzene rings is 1. The molecule has 1 rings (SSSR count). The summed E-state index contributed by atoms with van der Waals surface area (Å²) in [5.41, 5.74) is 2.45. The molecule has 0 amide bonds. The summed E-state index contributed by atoms with van der Waals surface area (Å²) in [4.78, 5) is 13.3. The fraction of sp³-hybridized carbons (Fsp3) is 0.417. The molecule has 0 aromatic heterocycles. The molecule has 4 nitrogen and oxygen atoms in total. The van der Waals surface area contributed by atoms with E-state index in [1.807, 2.05) is 25.1 Å². The molecule has 1 N–H and O–H groups in total. The molecule has 0 fully saturated rings. The highest BCUT2D eigenvalue weighted by Gasteiger charge is 2.10. The van der Waals surface area contributed by atoms with Crippen molar-refractivity contribution in [3.63, 3.8) is 0 Å². The van der Waals surface area contributed by atoms with Crippen LogP contribution in [0.1, 0.15) is 15.9 Å². The van der Waals surface area contributed by atoms with Gasteiger partial charge in [-0.15, -0.1) is 0 Å². The molecule has 0 bridgehead atoms. The average Bonchev–Trinajstić information content (AvgIpc) is 2.28. The van der Waals surface area contributed by atoms with Gasteiger partial charge in [0, 0.05) is 26.4 Å². The van der Waals surface area contributed by atoms with Crippen LogP contribution in [0.3, 0.4) is 0 Å². The van der Waals surface area contributed by atoms with E-state index in [0.29, 0.717) is 12.0 Å². The van der Waals surface area contributed by atoms with E-state index in [0.717, 1.165) is 11.3 Å². The molecule has 0 saturated carbocycles. The first-order valence-corrected chi connectivity index (χ1v) is 5.09. The van der Waals surface area contributed by atoms with E-state index < -0.39 is 0 Å². The predicted molar refractivity (Wildman–Crippen MR) is 62.9 cm³/mol. The molecule has 0 radical (unpaired) electrons. The molecule has 16 heavy (non-hydrogen) atoms. The van der Waals surface area contributed by atoms with Gasteiger partial charge in [-0.05, 0) is 30.2 Å². The highest BCUT2D eigenvalue weighted by Crippen LogP contribution is 2.21. The number of nitrogens with zero attached hydrogens (tertiary/aromatic N) is 1. The van der Waals surface area contributed by atoms with Gasteiger partial charge in [-0.2, -0.15) is 0 Å². The Balaban J connectivity index is 3.11. The van der Waals surface area contributed by atoms with Crippen LogP contribution >= 0.6 is 0 Å². The fourth-order valence-electron chi connectivity index (χ4n) is 1.59. The Kier molecular flexibility index (Phi) is 4.31. The number of ether oxygens (including phenoxy) is 1. The summed E-state index contributed by atoms with van der Waals surface area (Å²) in [6.45, 7) is 0.0610. The number of anilines is 1. The van der Waals surface area contributed by atoms with Crippen LogP contribution < -0.4 is 4.90 Å². The number of esters is 1. The van der Waals surface area contributed by atoms with E-state index >= 15 is 0 Å². The molecule has 88 valence electrons. The van der Waals surface area contributed by atoms with Crippen molar-refractivity contribution >= 4 is 11.7 Å². The lowest BCUT2D eigenvalue weighted by atomic mass is 10.1. The van der Waals surface area contributed by atoms with Gasteiger partial charge < -0.3 is 14.7 Å². The first-order chi connectivity index (χ1) is 7.60. The summed E-state index contributed by atoms with van der Waals surface area (Å²) in [5, 5.41) is 8.98. The maximum absolute atomic E-state index is 11.4. The largest absolute Gasteiger partial charge is 0.465 e. The van der Waals surface area contributed by atoms with Gasteiger partial charge in [-0.3, -0.25) is 0 Å². The highest BCUT2D eigenvalue weighted by molar-refractivity contribution is 5.90. The molecule has 4 heteroatoms. The molecule has 0 saturated heterocycles. The molecule has 0 aliphatic carbocycles. The van der Waals surface area contributed by atoms with Crippen molar-refractivity contribution in [2.45, 2.75) is 6.42 Å². The molecule has 0 spiro atoms. The van der Waals surface area contributed by atoms with E-state index in [9.17, 15) is 4.79 Å². The van der Waals surface area contributed by atoms with E-state index in [4.69, 9.17) is 5.11 Å². The summed E-state index contributed by atoms with van der Waals surface area (Å²) >= 11 is 0. The number of hydrogen-bond acceptors (Lipinski definition) is 4. The molecule has 0 heterocycles. The molecular formula is C12H17NO3. The van der Waals surface area contributed by atoms with Crippen LogP contribution in [0.2, 0.25) is 0 Å². The Morgan fingerprint density at radius 3 is 2.62 bits per heavy atom. The quantitative estimate of drug-likeness (QED) is 0.776. The fourth-order valence-corrected chi connectivity index (χ4v) is 1.59. The maximum atomic E-state index is 11.4. The minimum atomic E-state index is -0.357. The van der Waals surface area contributed by atoms with Gasteiger partial charge in [0.2, 0.25) is 0 Å². The highest BCUT2D eigenvalue weighted by atomic mass is 16.5. The number of hydrogen-bond donors (Lipinski definition) is 1. The van der Waals surface area contributed by atoms with Crippen LogP contribution in [0, 0.1) is 0 Å². The van der Waals surface area contributed by atoms with Crippen molar-refractivity contribution in [1.82, 2.24) is 0 Å². The predicted octanol–water partition coefficient (Wildman–Crippen LogP) is 1.07. The Hall–Kier alpha value is -1.55. The number of aliphatic hydroxyl groups is 1. The first kappa shape index (κ1) is 12.5. The lowest BCUT2D eigenvalue weighted by Gasteiger charge is -2.17. The smallest absolute Gasteiger partial charge is 0.337 e. The van der Waals surface area contributed by atoms with Gasteiger partial charge >= 0.3 is 5.97 Å². The van der Waals surface area contributed by atoms with E-state index in [2.05, 4.69) is 4.74 Å². The molecule has 1 aromatic carbocycles. The van der Waals surface area contributed by atoms with Crippen LogP contribution in [-0.4, -0.2) is 38.9 Å². The summed E-state index contributed by atoms with van der Waals surface area (Å²) in [6.07, 6.45) is 0.526. The number of methoxy groups -OCH3 is 1. The number of aliphatic hydroxyl groups excluding tert-OH is 1. The zero-order valence-corrected chi connectivity index (χ0v) is 9.86. The number of rotatable bonds is 4. The Bertz CT molecular complexity index is 375. The van der Waals surface area contributed by atoms with Crippen LogP contribution in [0.4, 0.5) is 5.69 Å². The second-order valence-corrected chi connectivity index (χ2v) is 3.70. The van der Waals surface area contributed by atoms with E-state index in [-0.39, 0.29) is 12.6 Å². The Morgan fingerprint density at radius 1 is 1.44 bits per heavy atom. The summed E-state index contributed by atoms with van der Waals surface area (Å²) in [6, 6.07) is 5.34. The van der Waals surface area contributed by atoms with Crippen molar-refractivity contribution in [1.29, 1.82) is 0 Å². The molecule has 0 aliphatic heterocycles. The van der Waals surface area contributed by atoms with Gasteiger partial charge in [0.05, 0.1) is 12.7 Å². The third-order valence-corrected chi connectivity index (χ3v) is 2.36. The van der Waals surface area contributed by atoms with Gasteiger partial charge in [-0.1, -0.05) is 0 Å². The topological polar surface area (TPSA) is 49.8 Å². The monoisotopic (exact) mass is 223 g/mol. The van der Waals surface area contributed by atoms with Crippen LogP contribution in [0.5, 0.6) is 0 Å². The molecule has 1 aromatic rings. The van der Waals surface area contributed by atoms with Gasteiger partial charge in [0.25, 0.3) is 0 Å². The third-order valence-electron chi connectivity index (χ3n) is 2.36. The van der Waals surface area contributed by atoms with E-state index in [1.54, 1.807) is 12.1 Å². The molecular weight excluding hydrogens is 206 g/mol. The zero-order valence-electron chi connectivity index (χ0n) is 9.86. The van der Waals surface area contributed by atoms with Crippen molar-refractivity contribution < 1.29 is 14.6 Å². The Morgan fingerprint density at radius 2 is 2.12 bits per heavy atom. The summed E-state index contributed by atoms with van der Waals surface area (Å²) in [5.74, 6) is -0.357. The van der Waals surface area contributed by atoms with Crippen LogP contribution in [0.15, 0.2) is 18.2 Å². The zero-order chi connectivity index (χ0) is 12.1. The van der Waals surface area contributed by atoms with Gasteiger partial charge in [0.15, 0.2) is 0 Å². The minimum absolute atomic E-state index is 0.0610. The van der Waals surface area contributed by atoms with Crippen LogP contribution in [-0.2, 0) is 11.2 Å². The third kappa shape index (κ3) is 2.73. The first-order valence-electron chi connectivity index (χ1n) is 5.09. The normalized spacial score (nSPS) is 10.0.